The Kier molecular flexibility index (Phi) is 7.39. The Hall–Kier alpha value is -2.90. The minimum absolute atomic E-state index is 0.183. The molecular formula is C25H31FN4O2. The van der Waals surface area contributed by atoms with E-state index in [1.54, 1.807) is 7.11 Å². The van der Waals surface area contributed by atoms with Crippen molar-refractivity contribution in [3.05, 3.63) is 66.2 Å². The van der Waals surface area contributed by atoms with Crippen molar-refractivity contribution >= 4 is 5.69 Å². The van der Waals surface area contributed by atoms with Crippen molar-refractivity contribution in [1.29, 1.82) is 0 Å². The van der Waals surface area contributed by atoms with Gasteiger partial charge in [-0.05, 0) is 63.0 Å². The molecular weight excluding hydrogens is 407 g/mol. The Balaban J connectivity index is 1.19. The van der Waals surface area contributed by atoms with Gasteiger partial charge in [-0.2, -0.15) is 0 Å². The zero-order chi connectivity index (χ0) is 22.3. The highest BCUT2D eigenvalue weighted by Crippen LogP contribution is 2.29. The lowest BCUT2D eigenvalue weighted by Gasteiger charge is -2.36. The number of anilines is 1. The van der Waals surface area contributed by atoms with Crippen molar-refractivity contribution in [1.82, 2.24) is 15.0 Å². The molecule has 0 aliphatic carbocycles. The summed E-state index contributed by atoms with van der Waals surface area (Å²) in [6.45, 7) is 6.81. The summed E-state index contributed by atoms with van der Waals surface area (Å²) in [4.78, 5) is 7.09. The van der Waals surface area contributed by atoms with Crippen LogP contribution in [0.5, 0.6) is 5.75 Å². The Bertz CT molecular complexity index is 984. The van der Waals surface area contributed by atoms with Gasteiger partial charge in [0.25, 0.3) is 0 Å². The summed E-state index contributed by atoms with van der Waals surface area (Å²) in [7, 11) is 3.77. The predicted octanol–water partition coefficient (Wildman–Crippen LogP) is 4.13. The van der Waals surface area contributed by atoms with E-state index in [1.165, 1.54) is 12.1 Å². The molecule has 0 atom stereocenters. The Morgan fingerprint density at radius 1 is 1.06 bits per heavy atom. The zero-order valence-electron chi connectivity index (χ0n) is 18.8. The molecule has 1 aromatic heterocycles. The number of para-hydroxylation sites is 1. The van der Waals surface area contributed by atoms with Crippen LogP contribution in [0.3, 0.4) is 0 Å². The third-order valence-electron chi connectivity index (χ3n) is 5.95. The first-order valence-electron chi connectivity index (χ1n) is 11.1. The van der Waals surface area contributed by atoms with E-state index >= 15 is 0 Å². The van der Waals surface area contributed by atoms with Crippen LogP contribution < -0.4 is 9.64 Å². The molecule has 0 N–H and O–H groups in total. The van der Waals surface area contributed by atoms with Crippen molar-refractivity contribution in [2.45, 2.75) is 13.0 Å². The van der Waals surface area contributed by atoms with Gasteiger partial charge in [0.1, 0.15) is 17.3 Å². The van der Waals surface area contributed by atoms with Gasteiger partial charge in [-0.15, -0.1) is 0 Å². The molecule has 1 fully saturated rings. The number of ether oxygens (including phenoxy) is 1. The van der Waals surface area contributed by atoms with Crippen molar-refractivity contribution in [2.24, 2.45) is 0 Å². The molecule has 0 amide bonds. The fourth-order valence-corrected chi connectivity index (χ4v) is 4.16. The quantitative estimate of drug-likeness (QED) is 0.501. The number of nitrogens with zero attached hydrogens (tertiary/aromatic N) is 4. The van der Waals surface area contributed by atoms with Gasteiger partial charge in [0.05, 0.1) is 13.7 Å². The van der Waals surface area contributed by atoms with E-state index in [0.717, 1.165) is 80.7 Å². The minimum Gasteiger partial charge on any atom is -0.496 e. The largest absolute Gasteiger partial charge is 0.496 e. The second-order valence-electron chi connectivity index (χ2n) is 8.28. The summed E-state index contributed by atoms with van der Waals surface area (Å²) in [6.07, 6.45) is 1.10. The summed E-state index contributed by atoms with van der Waals surface area (Å²) < 4.78 is 24.1. The average Bonchev–Trinajstić information content (AvgIpc) is 3.28. The van der Waals surface area contributed by atoms with Crippen LogP contribution in [0.2, 0.25) is 0 Å². The Morgan fingerprint density at radius 3 is 2.56 bits per heavy atom. The van der Waals surface area contributed by atoms with Gasteiger partial charge < -0.3 is 14.2 Å². The third kappa shape index (κ3) is 5.66. The molecule has 1 saturated heterocycles. The van der Waals surface area contributed by atoms with Crippen molar-refractivity contribution in [3.8, 4) is 17.0 Å². The average molecular weight is 439 g/mol. The standard InChI is InChI=1S/C25H31FN4O2/c1-28(19-22-18-24(27-32-22)23-6-3-4-7-25(23)31-2)12-5-13-29-14-16-30(17-15-29)21-10-8-20(26)9-11-21/h3-4,6-11,18H,5,12-17,19H2,1-2H3. The smallest absolute Gasteiger partial charge is 0.151 e. The number of piperazine rings is 1. The second kappa shape index (κ2) is 10.6. The molecule has 0 spiro atoms. The molecule has 0 bridgehead atoms. The van der Waals surface area contributed by atoms with Crippen LogP contribution in [-0.2, 0) is 6.54 Å². The van der Waals surface area contributed by atoms with Crippen molar-refractivity contribution in [2.75, 3.05) is 58.3 Å². The zero-order valence-corrected chi connectivity index (χ0v) is 18.8. The molecule has 6 nitrogen and oxygen atoms in total. The van der Waals surface area contributed by atoms with Crippen LogP contribution in [0.15, 0.2) is 59.1 Å². The molecule has 7 heteroatoms. The fourth-order valence-electron chi connectivity index (χ4n) is 4.16. The lowest BCUT2D eigenvalue weighted by molar-refractivity contribution is 0.223. The van der Waals surface area contributed by atoms with Crippen LogP contribution in [0.4, 0.5) is 10.1 Å². The lowest BCUT2D eigenvalue weighted by atomic mass is 10.1. The first kappa shape index (κ1) is 22.3. The van der Waals surface area contributed by atoms with Crippen LogP contribution in [0.25, 0.3) is 11.3 Å². The van der Waals surface area contributed by atoms with Crippen molar-refractivity contribution in [3.63, 3.8) is 0 Å². The maximum atomic E-state index is 13.1. The number of aromatic nitrogens is 1. The summed E-state index contributed by atoms with van der Waals surface area (Å²) in [5.41, 5.74) is 2.84. The minimum atomic E-state index is -0.183. The van der Waals surface area contributed by atoms with Crippen LogP contribution in [0, 0.1) is 5.82 Å². The van der Waals surface area contributed by atoms with Gasteiger partial charge in [-0.3, -0.25) is 9.80 Å². The molecule has 2 heterocycles. The van der Waals surface area contributed by atoms with Gasteiger partial charge in [0.15, 0.2) is 5.76 Å². The normalized spacial score (nSPS) is 14.8. The lowest BCUT2D eigenvalue weighted by Crippen LogP contribution is -2.47. The number of halogens is 1. The van der Waals surface area contributed by atoms with E-state index in [2.05, 4.69) is 26.9 Å². The molecule has 2 aromatic carbocycles. The highest BCUT2D eigenvalue weighted by molar-refractivity contribution is 5.66. The Labute approximate surface area is 189 Å². The fraction of sp³-hybridized carbons (Fsp3) is 0.400. The predicted molar refractivity (Wildman–Crippen MR) is 124 cm³/mol. The molecule has 1 aliphatic heterocycles. The first-order chi connectivity index (χ1) is 15.6. The van der Waals surface area contributed by atoms with E-state index in [0.29, 0.717) is 0 Å². The number of benzene rings is 2. The third-order valence-corrected chi connectivity index (χ3v) is 5.95. The topological polar surface area (TPSA) is 45.0 Å². The number of hydrogen-bond donors (Lipinski definition) is 0. The Morgan fingerprint density at radius 2 is 1.81 bits per heavy atom. The van der Waals surface area contributed by atoms with E-state index in [4.69, 9.17) is 9.26 Å². The van der Waals surface area contributed by atoms with E-state index in [1.807, 2.05) is 42.5 Å². The van der Waals surface area contributed by atoms with Gasteiger partial charge in [-0.1, -0.05) is 17.3 Å². The summed E-state index contributed by atoms with van der Waals surface area (Å²) in [5, 5.41) is 4.22. The molecule has 170 valence electrons. The SMILES string of the molecule is COc1ccccc1-c1cc(CN(C)CCCN2CCN(c3ccc(F)cc3)CC2)on1. The van der Waals surface area contributed by atoms with Gasteiger partial charge in [-0.25, -0.2) is 4.39 Å². The van der Waals surface area contributed by atoms with Gasteiger partial charge in [0.2, 0.25) is 0 Å². The van der Waals surface area contributed by atoms with E-state index in [9.17, 15) is 4.39 Å². The summed E-state index contributed by atoms with van der Waals surface area (Å²) in [6, 6.07) is 16.6. The molecule has 0 saturated carbocycles. The van der Waals surface area contributed by atoms with Crippen molar-refractivity contribution < 1.29 is 13.7 Å². The molecule has 1 aliphatic rings. The maximum absolute atomic E-state index is 13.1. The van der Waals surface area contributed by atoms with Crippen LogP contribution in [-0.4, -0.2) is 68.4 Å². The number of rotatable bonds is 9. The molecule has 4 rings (SSSR count). The number of hydrogen-bond acceptors (Lipinski definition) is 6. The van der Waals surface area contributed by atoms with Crippen LogP contribution in [0.1, 0.15) is 12.2 Å². The molecule has 32 heavy (non-hydrogen) atoms. The molecule has 0 unspecified atom stereocenters. The number of methoxy groups -OCH3 is 1. The second-order valence-corrected chi connectivity index (χ2v) is 8.28. The molecule has 0 radical (unpaired) electrons. The summed E-state index contributed by atoms with van der Waals surface area (Å²) >= 11 is 0. The van der Waals surface area contributed by atoms with Gasteiger partial charge >= 0.3 is 0 Å². The highest BCUT2D eigenvalue weighted by atomic mass is 19.1. The van der Waals surface area contributed by atoms with Gasteiger partial charge in [0, 0.05) is 43.5 Å². The first-order valence-corrected chi connectivity index (χ1v) is 11.1. The maximum Gasteiger partial charge on any atom is 0.151 e. The van der Waals surface area contributed by atoms with E-state index < -0.39 is 0 Å². The van der Waals surface area contributed by atoms with Crippen LogP contribution >= 0.6 is 0 Å². The highest BCUT2D eigenvalue weighted by Gasteiger charge is 2.17. The monoisotopic (exact) mass is 438 g/mol. The molecule has 3 aromatic rings. The van der Waals surface area contributed by atoms with E-state index in [-0.39, 0.29) is 5.82 Å². The summed E-state index contributed by atoms with van der Waals surface area (Å²) in [5.74, 6) is 1.46.